The zero-order valence-electron chi connectivity index (χ0n) is 21.0. The van der Waals surface area contributed by atoms with Crippen molar-refractivity contribution in [1.82, 2.24) is 15.1 Å². The van der Waals surface area contributed by atoms with E-state index < -0.39 is 5.54 Å². The molecular formula is C27H38N4O3. The fourth-order valence-electron chi connectivity index (χ4n) is 5.09. The summed E-state index contributed by atoms with van der Waals surface area (Å²) in [7, 11) is 0. The van der Waals surface area contributed by atoms with E-state index >= 15 is 0 Å². The van der Waals surface area contributed by atoms with Crippen LogP contribution in [0.4, 0.5) is 5.69 Å². The number of carbonyl (C=O) groups excluding carboxylic acids is 2. The first-order chi connectivity index (χ1) is 16.3. The quantitative estimate of drug-likeness (QED) is 0.646. The van der Waals surface area contributed by atoms with Crippen LogP contribution in [0.1, 0.15) is 94.7 Å². The van der Waals surface area contributed by atoms with Crippen molar-refractivity contribution in [3.05, 3.63) is 41.7 Å². The van der Waals surface area contributed by atoms with Crippen LogP contribution in [0.3, 0.4) is 0 Å². The van der Waals surface area contributed by atoms with Crippen molar-refractivity contribution in [1.29, 1.82) is 0 Å². The Kier molecular flexibility index (Phi) is 7.29. The number of hydrogen-bond donors (Lipinski definition) is 1. The fourth-order valence-corrected chi connectivity index (χ4v) is 5.09. The fraction of sp³-hybridized carbons (Fsp3) is 0.593. The molecule has 2 aromatic rings. The van der Waals surface area contributed by atoms with Gasteiger partial charge in [-0.25, -0.2) is 0 Å². The molecule has 1 atom stereocenters. The van der Waals surface area contributed by atoms with E-state index in [4.69, 9.17) is 4.74 Å². The van der Waals surface area contributed by atoms with Crippen molar-refractivity contribution in [2.45, 2.75) is 96.7 Å². The highest BCUT2D eigenvalue weighted by molar-refractivity contribution is 6.11. The van der Waals surface area contributed by atoms with E-state index in [1.54, 1.807) is 9.58 Å². The molecule has 2 amide bonds. The highest BCUT2D eigenvalue weighted by Gasteiger charge is 2.49. The van der Waals surface area contributed by atoms with E-state index in [0.29, 0.717) is 24.5 Å². The predicted octanol–water partition coefficient (Wildman–Crippen LogP) is 5.05. The van der Waals surface area contributed by atoms with Crippen LogP contribution in [-0.2, 0) is 11.3 Å². The number of ether oxygens (including phenoxy) is 1. The van der Waals surface area contributed by atoms with E-state index in [1.165, 1.54) is 19.3 Å². The first kappa shape index (κ1) is 24.3. The van der Waals surface area contributed by atoms with Crippen LogP contribution >= 0.6 is 0 Å². The molecule has 1 aliphatic heterocycles. The maximum Gasteiger partial charge on any atom is 0.277 e. The third-order valence-electron chi connectivity index (χ3n) is 7.10. The Morgan fingerprint density at radius 3 is 2.41 bits per heavy atom. The topological polar surface area (TPSA) is 76.5 Å². The molecule has 7 heteroatoms. The molecule has 0 radical (unpaired) electrons. The van der Waals surface area contributed by atoms with Gasteiger partial charge in [-0.05, 0) is 62.9 Å². The molecule has 1 unspecified atom stereocenters. The van der Waals surface area contributed by atoms with Gasteiger partial charge in [0.05, 0.1) is 18.8 Å². The van der Waals surface area contributed by atoms with Crippen molar-refractivity contribution in [3.8, 4) is 5.75 Å². The molecule has 1 aromatic carbocycles. The first-order valence-electron chi connectivity index (χ1n) is 12.8. The van der Waals surface area contributed by atoms with Gasteiger partial charge in [0.15, 0.2) is 0 Å². The number of hydrogen-bond acceptors (Lipinski definition) is 4. The molecule has 0 spiro atoms. The molecule has 1 aliphatic carbocycles. The van der Waals surface area contributed by atoms with Crippen molar-refractivity contribution >= 4 is 17.5 Å². The van der Waals surface area contributed by atoms with Crippen molar-refractivity contribution in [3.63, 3.8) is 0 Å². The summed E-state index contributed by atoms with van der Waals surface area (Å²) in [5.74, 6) is 0.612. The molecule has 34 heavy (non-hydrogen) atoms. The van der Waals surface area contributed by atoms with Gasteiger partial charge in [0.2, 0.25) is 5.91 Å². The molecule has 1 fully saturated rings. The lowest BCUT2D eigenvalue weighted by molar-refractivity contribution is -0.127. The lowest BCUT2D eigenvalue weighted by atomic mass is 9.91. The summed E-state index contributed by atoms with van der Waals surface area (Å²) in [6.45, 7) is 8.80. The third kappa shape index (κ3) is 4.84. The number of aromatic nitrogens is 2. The number of fused-ring (bicyclic) bond motifs is 1. The maximum atomic E-state index is 13.9. The van der Waals surface area contributed by atoms with Gasteiger partial charge in [-0.3, -0.25) is 19.2 Å². The number of nitrogens with zero attached hydrogens (tertiary/aromatic N) is 3. The van der Waals surface area contributed by atoms with E-state index in [0.717, 1.165) is 37.1 Å². The van der Waals surface area contributed by atoms with Crippen molar-refractivity contribution in [2.75, 3.05) is 11.5 Å². The second-order valence-corrected chi connectivity index (χ2v) is 10.1. The summed E-state index contributed by atoms with van der Waals surface area (Å²) in [5.41, 5.74) is 0.968. The second-order valence-electron chi connectivity index (χ2n) is 10.1. The Hall–Kier alpha value is -2.83. The number of benzene rings is 1. The maximum absolute atomic E-state index is 13.9. The number of nitrogens with one attached hydrogen (secondary N) is 1. The molecule has 0 bridgehead atoms. The molecule has 1 N–H and O–H groups in total. The summed E-state index contributed by atoms with van der Waals surface area (Å²) in [6, 6.07) is 9.43. The molecule has 7 nitrogen and oxygen atoms in total. The monoisotopic (exact) mass is 466 g/mol. The van der Waals surface area contributed by atoms with E-state index in [9.17, 15) is 9.59 Å². The normalized spacial score (nSPS) is 21.7. The molecule has 2 heterocycles. The van der Waals surface area contributed by atoms with Crippen molar-refractivity contribution in [2.24, 2.45) is 0 Å². The van der Waals surface area contributed by atoms with Crippen LogP contribution < -0.4 is 15.0 Å². The van der Waals surface area contributed by atoms with E-state index in [2.05, 4.69) is 24.3 Å². The number of rotatable bonds is 6. The molecule has 0 saturated heterocycles. The lowest BCUT2D eigenvalue weighted by Crippen LogP contribution is -2.65. The number of anilines is 1. The predicted molar refractivity (Wildman–Crippen MR) is 133 cm³/mol. The first-order valence-corrected chi connectivity index (χ1v) is 12.8. The van der Waals surface area contributed by atoms with Crippen LogP contribution in [0.25, 0.3) is 0 Å². The SMILES string of the molecule is CCOc1ccc(N2C(=O)c3cc(C(C)C)nn3CC2(C)C(=O)NC2CCCCCCC2)cc1. The Morgan fingerprint density at radius 1 is 1.15 bits per heavy atom. The highest BCUT2D eigenvalue weighted by atomic mass is 16.5. The minimum absolute atomic E-state index is 0.118. The number of carbonyl (C=O) groups is 2. The van der Waals surface area contributed by atoms with Crippen LogP contribution in [0, 0.1) is 0 Å². The van der Waals surface area contributed by atoms with Crippen LogP contribution in [0.15, 0.2) is 30.3 Å². The van der Waals surface area contributed by atoms with E-state index in [-0.39, 0.29) is 23.8 Å². The van der Waals surface area contributed by atoms with Crippen LogP contribution in [0.2, 0.25) is 0 Å². The van der Waals surface area contributed by atoms with Crippen LogP contribution in [-0.4, -0.2) is 39.8 Å². The number of amides is 2. The Morgan fingerprint density at radius 2 is 1.79 bits per heavy atom. The average molecular weight is 467 g/mol. The molecule has 2 aliphatic rings. The van der Waals surface area contributed by atoms with Gasteiger partial charge < -0.3 is 10.1 Å². The Labute approximate surface area is 202 Å². The van der Waals surface area contributed by atoms with Gasteiger partial charge in [-0.15, -0.1) is 0 Å². The van der Waals surface area contributed by atoms with Gasteiger partial charge in [0, 0.05) is 11.7 Å². The smallest absolute Gasteiger partial charge is 0.277 e. The lowest BCUT2D eigenvalue weighted by Gasteiger charge is -2.43. The molecule has 184 valence electrons. The average Bonchev–Trinajstić information content (AvgIpc) is 3.21. The highest BCUT2D eigenvalue weighted by Crippen LogP contribution is 2.35. The van der Waals surface area contributed by atoms with E-state index in [1.807, 2.05) is 44.2 Å². The zero-order chi connectivity index (χ0) is 24.3. The zero-order valence-corrected chi connectivity index (χ0v) is 21.0. The summed E-state index contributed by atoms with van der Waals surface area (Å²) in [6.07, 6.45) is 7.95. The minimum Gasteiger partial charge on any atom is -0.494 e. The van der Waals surface area contributed by atoms with Crippen LogP contribution in [0.5, 0.6) is 5.75 Å². The van der Waals surface area contributed by atoms with Gasteiger partial charge in [0.25, 0.3) is 5.91 Å². The van der Waals surface area contributed by atoms with Gasteiger partial charge in [-0.1, -0.05) is 46.0 Å². The molecular weight excluding hydrogens is 428 g/mol. The van der Waals surface area contributed by atoms with Gasteiger partial charge >= 0.3 is 0 Å². The molecule has 1 aromatic heterocycles. The summed E-state index contributed by atoms with van der Waals surface area (Å²) in [5, 5.41) is 8.00. The minimum atomic E-state index is -1.10. The molecule has 4 rings (SSSR count). The Balaban J connectivity index is 1.69. The summed E-state index contributed by atoms with van der Waals surface area (Å²) in [4.78, 5) is 29.3. The van der Waals surface area contributed by atoms with Crippen molar-refractivity contribution < 1.29 is 14.3 Å². The van der Waals surface area contributed by atoms with Gasteiger partial charge in [-0.2, -0.15) is 5.10 Å². The van der Waals surface area contributed by atoms with Gasteiger partial charge in [0.1, 0.15) is 17.0 Å². The third-order valence-corrected chi connectivity index (χ3v) is 7.10. The standard InChI is InChI=1S/C27H38N4O3/c1-5-34-22-15-13-21(14-16-22)31-25(32)24-17-23(19(2)3)29-30(24)18-27(31,4)26(33)28-20-11-9-7-6-8-10-12-20/h13-17,19-20H,5-12,18H2,1-4H3,(H,28,33). The Bertz CT molecular complexity index is 1010. The summed E-state index contributed by atoms with van der Waals surface area (Å²) < 4.78 is 7.31. The second kappa shape index (κ2) is 10.2. The molecule has 1 saturated carbocycles. The summed E-state index contributed by atoms with van der Waals surface area (Å²) >= 11 is 0. The largest absolute Gasteiger partial charge is 0.494 e.